The molecule has 1 aromatic carbocycles. The molecule has 0 aliphatic heterocycles. The summed E-state index contributed by atoms with van der Waals surface area (Å²) in [4.78, 5) is 11.7. The molecule has 1 aromatic rings. The Morgan fingerprint density at radius 3 is 2.59 bits per heavy atom. The Bertz CT molecular complexity index is 336. The van der Waals surface area contributed by atoms with Gasteiger partial charge in [-0.15, -0.1) is 0 Å². The summed E-state index contributed by atoms with van der Waals surface area (Å²) in [7, 11) is 0. The van der Waals surface area contributed by atoms with Gasteiger partial charge >= 0.3 is 0 Å². The number of carbonyl (C=O) groups excluding carboxylic acids is 1. The minimum Gasteiger partial charge on any atom is -0.494 e. The molecule has 0 aliphatic carbocycles. The Kier molecular flexibility index (Phi) is 6.10. The first kappa shape index (κ1) is 13.5. The molecular weight excluding hydrogens is 216 g/mol. The number of hydrogen-bond donors (Lipinski definition) is 2. The Labute approximate surface area is 102 Å². The van der Waals surface area contributed by atoms with Crippen LogP contribution in [-0.4, -0.2) is 25.6 Å². The van der Waals surface area contributed by atoms with Gasteiger partial charge in [0, 0.05) is 12.1 Å². The van der Waals surface area contributed by atoms with Gasteiger partial charge in [-0.2, -0.15) is 0 Å². The van der Waals surface area contributed by atoms with Crippen molar-refractivity contribution in [1.82, 2.24) is 5.32 Å². The molecule has 4 nitrogen and oxygen atoms in total. The zero-order valence-corrected chi connectivity index (χ0v) is 10.2. The van der Waals surface area contributed by atoms with Gasteiger partial charge in [0.15, 0.2) is 0 Å². The number of benzene rings is 1. The molecule has 0 aromatic heterocycles. The third kappa shape index (κ3) is 4.87. The molecule has 1 rings (SSSR count). The van der Waals surface area contributed by atoms with Gasteiger partial charge in [-0.25, -0.2) is 0 Å². The van der Waals surface area contributed by atoms with E-state index >= 15 is 0 Å². The predicted octanol–water partition coefficient (Wildman–Crippen LogP) is 1.55. The SMILES string of the molecule is CCOc1ccc(C(=O)NCCCCN)cc1. The van der Waals surface area contributed by atoms with Crippen LogP contribution in [0.2, 0.25) is 0 Å². The first-order chi connectivity index (χ1) is 8.27. The van der Waals surface area contributed by atoms with Crippen molar-refractivity contribution in [1.29, 1.82) is 0 Å². The molecule has 0 aliphatic rings. The van der Waals surface area contributed by atoms with Crippen molar-refractivity contribution in [3.05, 3.63) is 29.8 Å². The normalized spacial score (nSPS) is 10.0. The van der Waals surface area contributed by atoms with Gasteiger partial charge in [0.1, 0.15) is 5.75 Å². The quantitative estimate of drug-likeness (QED) is 0.706. The van der Waals surface area contributed by atoms with E-state index < -0.39 is 0 Å². The summed E-state index contributed by atoms with van der Waals surface area (Å²) in [5, 5.41) is 2.85. The Morgan fingerprint density at radius 2 is 2.00 bits per heavy atom. The highest BCUT2D eigenvalue weighted by Crippen LogP contribution is 2.11. The van der Waals surface area contributed by atoms with Crippen LogP contribution in [0.25, 0.3) is 0 Å². The molecule has 94 valence electrons. The van der Waals surface area contributed by atoms with E-state index in [1.807, 2.05) is 6.92 Å². The lowest BCUT2D eigenvalue weighted by atomic mass is 10.2. The van der Waals surface area contributed by atoms with Crippen LogP contribution in [0.3, 0.4) is 0 Å². The second-order valence-electron chi connectivity index (χ2n) is 3.71. The monoisotopic (exact) mass is 236 g/mol. The average molecular weight is 236 g/mol. The Balaban J connectivity index is 2.40. The summed E-state index contributed by atoms with van der Waals surface area (Å²) in [5.74, 6) is 0.734. The van der Waals surface area contributed by atoms with Crippen molar-refractivity contribution >= 4 is 5.91 Å². The molecule has 0 heterocycles. The third-order valence-electron chi connectivity index (χ3n) is 2.34. The van der Waals surface area contributed by atoms with E-state index in [-0.39, 0.29) is 5.91 Å². The number of rotatable bonds is 7. The van der Waals surface area contributed by atoms with Crippen LogP contribution in [0.1, 0.15) is 30.1 Å². The molecule has 0 unspecified atom stereocenters. The molecule has 0 saturated carbocycles. The molecule has 0 saturated heterocycles. The van der Waals surface area contributed by atoms with Gasteiger partial charge in [-0.05, 0) is 50.6 Å². The van der Waals surface area contributed by atoms with Crippen LogP contribution in [0.4, 0.5) is 0 Å². The second kappa shape index (κ2) is 7.68. The van der Waals surface area contributed by atoms with E-state index in [1.54, 1.807) is 24.3 Å². The summed E-state index contributed by atoms with van der Waals surface area (Å²) in [6.07, 6.45) is 1.85. The minimum absolute atomic E-state index is 0.0509. The molecule has 4 heteroatoms. The zero-order chi connectivity index (χ0) is 12.5. The van der Waals surface area contributed by atoms with Gasteiger partial charge in [0.05, 0.1) is 6.61 Å². The third-order valence-corrected chi connectivity index (χ3v) is 2.34. The Hall–Kier alpha value is -1.55. The molecule has 0 bridgehead atoms. The van der Waals surface area contributed by atoms with Gasteiger partial charge in [-0.3, -0.25) is 4.79 Å². The summed E-state index contributed by atoms with van der Waals surface area (Å²) < 4.78 is 5.31. The highest BCUT2D eigenvalue weighted by molar-refractivity contribution is 5.94. The molecule has 0 spiro atoms. The fourth-order valence-corrected chi connectivity index (χ4v) is 1.44. The number of unbranched alkanes of at least 4 members (excludes halogenated alkanes) is 1. The highest BCUT2D eigenvalue weighted by Gasteiger charge is 2.04. The van der Waals surface area contributed by atoms with Crippen molar-refractivity contribution in [3.8, 4) is 5.75 Å². The van der Waals surface area contributed by atoms with E-state index in [9.17, 15) is 4.79 Å². The smallest absolute Gasteiger partial charge is 0.251 e. The van der Waals surface area contributed by atoms with Crippen LogP contribution >= 0.6 is 0 Å². The number of nitrogens with one attached hydrogen (secondary N) is 1. The second-order valence-corrected chi connectivity index (χ2v) is 3.71. The number of nitrogens with two attached hydrogens (primary N) is 1. The Morgan fingerprint density at radius 1 is 1.29 bits per heavy atom. The van der Waals surface area contributed by atoms with Crippen LogP contribution < -0.4 is 15.8 Å². The molecule has 0 radical (unpaired) electrons. The van der Waals surface area contributed by atoms with Crippen LogP contribution in [-0.2, 0) is 0 Å². The van der Waals surface area contributed by atoms with Crippen LogP contribution in [0.15, 0.2) is 24.3 Å². The van der Waals surface area contributed by atoms with Crippen molar-refractivity contribution < 1.29 is 9.53 Å². The largest absolute Gasteiger partial charge is 0.494 e. The van der Waals surface area contributed by atoms with Gasteiger partial charge in [0.25, 0.3) is 5.91 Å². The standard InChI is InChI=1S/C13H20N2O2/c1-2-17-12-7-5-11(6-8-12)13(16)15-10-4-3-9-14/h5-8H,2-4,9-10,14H2,1H3,(H,15,16). The molecule has 3 N–H and O–H groups in total. The summed E-state index contributed by atoms with van der Waals surface area (Å²) in [6, 6.07) is 7.14. The van der Waals surface area contributed by atoms with Gasteiger partial charge < -0.3 is 15.8 Å². The lowest BCUT2D eigenvalue weighted by Crippen LogP contribution is -2.24. The van der Waals surface area contributed by atoms with Gasteiger partial charge in [-0.1, -0.05) is 0 Å². The van der Waals surface area contributed by atoms with Gasteiger partial charge in [0.2, 0.25) is 0 Å². The van der Waals surface area contributed by atoms with E-state index in [1.165, 1.54) is 0 Å². The lowest BCUT2D eigenvalue weighted by Gasteiger charge is -2.06. The molecule has 0 fully saturated rings. The lowest BCUT2D eigenvalue weighted by molar-refractivity contribution is 0.0953. The van der Waals surface area contributed by atoms with E-state index in [0.29, 0.717) is 25.3 Å². The fraction of sp³-hybridized carbons (Fsp3) is 0.462. The summed E-state index contributed by atoms with van der Waals surface area (Å²) >= 11 is 0. The fourth-order valence-electron chi connectivity index (χ4n) is 1.44. The highest BCUT2D eigenvalue weighted by atomic mass is 16.5. The minimum atomic E-state index is -0.0509. The average Bonchev–Trinajstić information content (AvgIpc) is 2.36. The van der Waals surface area contributed by atoms with E-state index in [0.717, 1.165) is 18.6 Å². The number of amides is 1. The van der Waals surface area contributed by atoms with E-state index in [2.05, 4.69) is 5.32 Å². The van der Waals surface area contributed by atoms with E-state index in [4.69, 9.17) is 10.5 Å². The molecule has 1 amide bonds. The number of ether oxygens (including phenoxy) is 1. The predicted molar refractivity (Wildman–Crippen MR) is 68.2 cm³/mol. The number of hydrogen-bond acceptors (Lipinski definition) is 3. The number of carbonyl (C=O) groups is 1. The zero-order valence-electron chi connectivity index (χ0n) is 10.2. The van der Waals surface area contributed by atoms with Crippen molar-refractivity contribution in [2.45, 2.75) is 19.8 Å². The van der Waals surface area contributed by atoms with Crippen LogP contribution in [0.5, 0.6) is 5.75 Å². The van der Waals surface area contributed by atoms with Crippen LogP contribution in [0, 0.1) is 0 Å². The van der Waals surface area contributed by atoms with Crippen molar-refractivity contribution in [2.24, 2.45) is 5.73 Å². The first-order valence-electron chi connectivity index (χ1n) is 5.99. The molecule has 17 heavy (non-hydrogen) atoms. The maximum absolute atomic E-state index is 11.7. The first-order valence-corrected chi connectivity index (χ1v) is 5.99. The van der Waals surface area contributed by atoms with Crippen molar-refractivity contribution in [3.63, 3.8) is 0 Å². The maximum Gasteiger partial charge on any atom is 0.251 e. The van der Waals surface area contributed by atoms with Crippen molar-refractivity contribution in [2.75, 3.05) is 19.7 Å². The topological polar surface area (TPSA) is 64.3 Å². The summed E-state index contributed by atoms with van der Waals surface area (Å²) in [6.45, 7) is 3.89. The molecule has 0 atom stereocenters. The summed E-state index contributed by atoms with van der Waals surface area (Å²) in [5.41, 5.74) is 6.03. The molecular formula is C13H20N2O2. The maximum atomic E-state index is 11.7.